The number of likely N-dealkylation sites (N-methyl/N-ethyl adjacent to an activating group) is 2. The fourth-order valence-electron chi connectivity index (χ4n) is 2.14. The van der Waals surface area contributed by atoms with Crippen molar-refractivity contribution in [3.63, 3.8) is 0 Å². The Hall–Kier alpha value is -2.92. The Morgan fingerprint density at radius 1 is 0.750 bits per heavy atom. The molecule has 7 N–H and O–H groups in total. The van der Waals surface area contributed by atoms with Crippen molar-refractivity contribution in [1.82, 2.24) is 9.80 Å². The Bertz CT molecular complexity index is 804. The molecule has 1 aromatic rings. The number of nitrogens with zero attached hydrogens (tertiary/aromatic N) is 13. The van der Waals surface area contributed by atoms with Crippen molar-refractivity contribution in [2.24, 2.45) is 9.98 Å². The number of aliphatic hydroxyl groups is 1. The van der Waals surface area contributed by atoms with E-state index in [2.05, 4.69) is 40.6 Å². The van der Waals surface area contributed by atoms with Gasteiger partial charge in [-0.25, -0.2) is 0 Å². The average Bonchev–Trinajstić information content (AvgIpc) is 2.78. The summed E-state index contributed by atoms with van der Waals surface area (Å²) >= 11 is 0. The van der Waals surface area contributed by atoms with E-state index in [0.717, 1.165) is 25.8 Å². The summed E-state index contributed by atoms with van der Waals surface area (Å²) in [5.74, 6) is -0.00444. The third-order valence-electron chi connectivity index (χ3n) is 3.83. The summed E-state index contributed by atoms with van der Waals surface area (Å²) in [4.78, 5) is 17.5. The van der Waals surface area contributed by atoms with E-state index in [1.807, 2.05) is 40.3 Å². The summed E-state index contributed by atoms with van der Waals surface area (Å²) < 4.78 is 0. The van der Waals surface area contributed by atoms with E-state index in [4.69, 9.17) is 38.3 Å². The molecule has 17 nitrogen and oxygen atoms in total. The molecule has 1 aromatic carbocycles. The molecule has 1 rings (SSSR count). The van der Waals surface area contributed by atoms with Gasteiger partial charge in [-0.1, -0.05) is 38.7 Å². The largest absolute Gasteiger partial charge is 3.00 e. The van der Waals surface area contributed by atoms with Gasteiger partial charge in [0.05, 0.1) is 13.1 Å². The summed E-state index contributed by atoms with van der Waals surface area (Å²) in [6, 6.07) is 3.91. The van der Waals surface area contributed by atoms with Crippen molar-refractivity contribution < 1.29 is 54.1 Å². The molecule has 0 spiro atoms. The van der Waals surface area contributed by atoms with Crippen LogP contribution in [0.5, 0.6) is 5.75 Å². The topological polar surface area (TPSA) is 317 Å². The minimum atomic E-state index is -0.0356. The van der Waals surface area contributed by atoms with Crippen molar-refractivity contribution in [2.45, 2.75) is 26.2 Å². The number of hydrogen-bond donors (Lipinski definition) is 1. The fourth-order valence-corrected chi connectivity index (χ4v) is 2.14. The van der Waals surface area contributed by atoms with Crippen LogP contribution in [0.4, 0.5) is 0 Å². The van der Waals surface area contributed by atoms with Crippen molar-refractivity contribution in [3.8, 4) is 5.75 Å². The van der Waals surface area contributed by atoms with Gasteiger partial charge in [-0.2, -0.15) is 0 Å². The minimum Gasteiger partial charge on any atom is -0.872 e. The second-order valence-corrected chi connectivity index (χ2v) is 8.18. The van der Waals surface area contributed by atoms with Gasteiger partial charge in [0.2, 0.25) is 0 Å². The zero-order valence-corrected chi connectivity index (χ0v) is 26.1. The van der Waals surface area contributed by atoms with Crippen molar-refractivity contribution >= 4 is 12.4 Å². The molecule has 0 heterocycles. The normalized spacial score (nSPS) is 8.88. The van der Waals surface area contributed by atoms with Gasteiger partial charge < -0.3 is 64.2 Å². The van der Waals surface area contributed by atoms with Gasteiger partial charge in [0.15, 0.2) is 0 Å². The van der Waals surface area contributed by atoms with Crippen LogP contribution < -0.4 is 5.11 Å². The summed E-state index contributed by atoms with van der Waals surface area (Å²) in [6.45, 7) is 9.52. The first kappa shape index (κ1) is 57.1. The van der Waals surface area contributed by atoms with Crippen molar-refractivity contribution in [1.29, 1.82) is 0 Å². The second-order valence-electron chi connectivity index (χ2n) is 8.18. The predicted molar refractivity (Wildman–Crippen MR) is 155 cm³/mol. The molecule has 0 amide bonds. The molecule has 0 aliphatic rings. The van der Waals surface area contributed by atoms with Crippen LogP contribution in [0.25, 0.3) is 47.9 Å². The van der Waals surface area contributed by atoms with Crippen LogP contribution in [0, 0.1) is 0 Å². The van der Waals surface area contributed by atoms with E-state index in [1.54, 1.807) is 12.4 Å². The molecule has 0 aliphatic carbocycles. The van der Waals surface area contributed by atoms with E-state index >= 15 is 0 Å². The molecular weight excluding hydrogens is 616 g/mol. The van der Waals surface area contributed by atoms with Crippen LogP contribution in [-0.2, 0) is 49.4 Å². The SMILES string of the molecule is CN(C)CCN=Cc1cc(C(C)(C)C)cc(C=NCCN(C)C)c1[O-].CO.[N-]=[N+]=[N-].[N-]=[N+]=[N-].[N-]=[N+]=[N-].[Ni+3].[Ni+3].[OH3+].[OH3+]. The van der Waals surface area contributed by atoms with Gasteiger partial charge in [0.1, 0.15) is 0 Å². The zero-order chi connectivity index (χ0) is 29.2. The van der Waals surface area contributed by atoms with Gasteiger partial charge in [-0.15, -0.1) is 0 Å². The first-order valence-electron chi connectivity index (χ1n) is 10.4. The van der Waals surface area contributed by atoms with Gasteiger partial charge >= 0.3 is 33.0 Å². The molecule has 0 atom stereocenters. The molecule has 0 saturated heterocycles. The summed E-state index contributed by atoms with van der Waals surface area (Å²) in [5, 5.41) is 19.7. The number of aliphatic imine (C=N–C) groups is 2. The second kappa shape index (κ2) is 38.2. The van der Waals surface area contributed by atoms with Crippen LogP contribution in [0.1, 0.15) is 37.5 Å². The third kappa shape index (κ3) is 37.2. The summed E-state index contributed by atoms with van der Waals surface area (Å²) in [5.41, 5.74) is 42.9. The van der Waals surface area contributed by atoms with Gasteiger partial charge in [0.25, 0.3) is 0 Å². The van der Waals surface area contributed by atoms with E-state index in [0.29, 0.717) is 24.2 Å². The van der Waals surface area contributed by atoms with Gasteiger partial charge in [0, 0.05) is 32.6 Å². The first-order chi connectivity index (χ1) is 16.9. The van der Waals surface area contributed by atoms with Crippen LogP contribution >= 0.6 is 0 Å². The predicted octanol–water partition coefficient (Wildman–Crippen LogP) is 2.38. The molecule has 0 saturated carbocycles. The Morgan fingerprint density at radius 3 is 1.20 bits per heavy atom. The van der Waals surface area contributed by atoms with Crippen molar-refractivity contribution in [3.05, 3.63) is 76.7 Å². The monoisotopic (exact) mass is 657 g/mol. The molecule has 0 unspecified atom stereocenters. The smallest absolute Gasteiger partial charge is 0.872 e. The third-order valence-corrected chi connectivity index (χ3v) is 3.83. The number of aliphatic hydroxyl groups excluding tert-OH is 1. The minimum absolute atomic E-state index is 0. The van der Waals surface area contributed by atoms with Gasteiger partial charge in [-0.3, -0.25) is 24.7 Å². The van der Waals surface area contributed by atoms with E-state index in [-0.39, 0.29) is 55.1 Å². The van der Waals surface area contributed by atoms with E-state index in [9.17, 15) is 5.11 Å². The molecule has 40 heavy (non-hydrogen) atoms. The molecule has 2 radical (unpaired) electrons. The van der Waals surface area contributed by atoms with Gasteiger partial charge in [-0.05, 0) is 50.3 Å². The maximum absolute atomic E-state index is 12.7. The Balaban J connectivity index is -0.0000000989. The zero-order valence-electron chi connectivity index (χ0n) is 24.1. The van der Waals surface area contributed by atoms with Crippen molar-refractivity contribution in [2.75, 3.05) is 61.5 Å². The Morgan fingerprint density at radius 2 is 1.00 bits per heavy atom. The van der Waals surface area contributed by atoms with E-state index < -0.39 is 0 Å². The van der Waals surface area contributed by atoms with Crippen LogP contribution in [0.2, 0.25) is 0 Å². The number of benzene rings is 1. The summed E-state index contributed by atoms with van der Waals surface area (Å²) in [6.07, 6.45) is 3.41. The van der Waals surface area contributed by atoms with Crippen LogP contribution in [-0.4, -0.2) is 88.8 Å². The fraction of sp³-hybridized carbons (Fsp3) is 0.619. The standard InChI is InChI=1S/C20H34N4O.CH4O.3N3.2Ni.2H2O/c1-20(2,3)18-12-16(14-21-8-10-23(4)5)19(25)17(13-18)15-22-9-11-24(6)7;1-2;3*1-3-2;;;;/h12-15,25H,8-11H2,1-7H3;2H,1H3;;;;;;2*1H2/q;;3*-1;2*+3;;/p+1. The van der Waals surface area contributed by atoms with Crippen LogP contribution in [0.3, 0.4) is 0 Å². The first-order valence-corrected chi connectivity index (χ1v) is 10.4. The molecule has 232 valence electrons. The molecular formula is C21H43N13Ni2O4+4. The Kier molecular flexibility index (Phi) is 54.5. The maximum atomic E-state index is 12.7. The molecule has 0 aromatic heterocycles. The molecule has 0 fully saturated rings. The van der Waals surface area contributed by atoms with Crippen LogP contribution in [0.15, 0.2) is 22.1 Å². The molecule has 0 bridgehead atoms. The molecule has 0 aliphatic heterocycles. The van der Waals surface area contributed by atoms with E-state index in [1.165, 1.54) is 14.7 Å². The quantitative estimate of drug-likeness (QED) is 0.110. The maximum Gasteiger partial charge on any atom is 3.00 e. The average molecular weight is 659 g/mol. The number of hydrogen-bond acceptors (Lipinski definition) is 6. The molecule has 19 heteroatoms. The summed E-state index contributed by atoms with van der Waals surface area (Å²) in [7, 11) is 9.04. The number of rotatable bonds is 8. The Labute approximate surface area is 256 Å².